The minimum Gasteiger partial charge on any atom is -0.481 e. The summed E-state index contributed by atoms with van der Waals surface area (Å²) in [6.45, 7) is 5.05. The van der Waals surface area contributed by atoms with Crippen molar-refractivity contribution in [3.63, 3.8) is 0 Å². The van der Waals surface area contributed by atoms with Crippen molar-refractivity contribution in [2.45, 2.75) is 88.6 Å². The second kappa shape index (κ2) is 11.8. The quantitative estimate of drug-likeness (QED) is 0.197. The lowest BCUT2D eigenvalue weighted by molar-refractivity contribution is -0.137. The zero-order valence-electron chi connectivity index (χ0n) is 18.8. The van der Waals surface area contributed by atoms with Crippen molar-refractivity contribution in [3.8, 4) is 0 Å². The molecule has 1 aliphatic rings. The smallest absolute Gasteiger partial charge is 0.303 e. The van der Waals surface area contributed by atoms with Gasteiger partial charge in [-0.15, -0.1) is 5.10 Å². The zero-order valence-corrected chi connectivity index (χ0v) is 19.6. The number of nitrogens with one attached hydrogen (secondary N) is 1. The van der Waals surface area contributed by atoms with E-state index in [1.165, 1.54) is 0 Å². The third kappa shape index (κ3) is 5.87. The van der Waals surface area contributed by atoms with E-state index in [4.69, 9.17) is 5.11 Å². The maximum Gasteiger partial charge on any atom is 0.303 e. The minimum atomic E-state index is -1.06. The molecule has 32 heavy (non-hydrogen) atoms. The maximum absolute atomic E-state index is 10.9. The van der Waals surface area contributed by atoms with E-state index in [1.807, 2.05) is 0 Å². The first-order chi connectivity index (χ1) is 15.5. The number of aliphatic carboxylic acids is 1. The molecule has 0 amide bonds. The summed E-state index contributed by atoms with van der Waals surface area (Å²) in [5, 5.41) is 42.6. The third-order valence-corrected chi connectivity index (χ3v) is 6.85. The number of aliphatic hydroxyl groups is 2. The van der Waals surface area contributed by atoms with Gasteiger partial charge in [-0.2, -0.15) is 0 Å². The van der Waals surface area contributed by atoms with Gasteiger partial charge in [0.1, 0.15) is 6.10 Å². The van der Waals surface area contributed by atoms with Gasteiger partial charge in [-0.3, -0.25) is 4.79 Å². The molecule has 11 heteroatoms. The van der Waals surface area contributed by atoms with Gasteiger partial charge in [0.05, 0.1) is 12.1 Å². The highest BCUT2D eigenvalue weighted by molar-refractivity contribution is 7.99. The van der Waals surface area contributed by atoms with Crippen molar-refractivity contribution in [2.24, 2.45) is 5.92 Å². The molecule has 4 N–H and O–H groups in total. The average molecular weight is 467 g/mol. The Morgan fingerprint density at radius 2 is 1.94 bits per heavy atom. The predicted molar refractivity (Wildman–Crippen MR) is 123 cm³/mol. The summed E-state index contributed by atoms with van der Waals surface area (Å²) in [5.41, 5.74) is 1.06. The first-order valence-electron chi connectivity index (χ1n) is 11.5. The van der Waals surface area contributed by atoms with E-state index < -0.39 is 24.2 Å². The standard InChI is InChI=1S/C21H34N6O4S/c1-3-5-7-11-32-21-23-19(22-10-6-4-2)16-20(24-21)27(26-25-16)14-12-13(8-9-15(28)29)17(30)18(14)31/h13-14,17-18,30-31H,3-12H2,1-2H3,(H,28,29)(H,22,23,24). The average Bonchev–Trinajstić information content (AvgIpc) is 3.31. The highest BCUT2D eigenvalue weighted by Gasteiger charge is 2.43. The van der Waals surface area contributed by atoms with Crippen molar-refractivity contribution in [2.75, 3.05) is 17.6 Å². The molecule has 1 fully saturated rings. The van der Waals surface area contributed by atoms with Gasteiger partial charge in [0.15, 0.2) is 22.1 Å². The summed E-state index contributed by atoms with van der Waals surface area (Å²) in [5.74, 6) is 0.305. The van der Waals surface area contributed by atoms with Crippen LogP contribution in [0.25, 0.3) is 11.2 Å². The van der Waals surface area contributed by atoms with Crippen LogP contribution in [0.3, 0.4) is 0 Å². The number of aromatic nitrogens is 5. The SMILES string of the molecule is CCCCCSc1nc(NCCCC)c2nnn(C3CC(CCC(=O)O)C(O)C3O)c2n1. The van der Waals surface area contributed by atoms with Gasteiger partial charge in [0.2, 0.25) is 0 Å². The summed E-state index contributed by atoms with van der Waals surface area (Å²) in [6.07, 6.45) is 4.02. The van der Waals surface area contributed by atoms with Crippen LogP contribution in [-0.2, 0) is 4.79 Å². The number of unbranched alkanes of at least 4 members (excludes halogenated alkanes) is 3. The highest BCUT2D eigenvalue weighted by atomic mass is 32.2. The molecule has 2 aromatic heterocycles. The highest BCUT2D eigenvalue weighted by Crippen LogP contribution is 2.39. The number of aliphatic hydroxyl groups excluding tert-OH is 2. The number of nitrogens with zero attached hydrogens (tertiary/aromatic N) is 5. The molecule has 4 atom stereocenters. The number of rotatable bonds is 13. The van der Waals surface area contributed by atoms with Crippen molar-refractivity contribution < 1.29 is 20.1 Å². The maximum atomic E-state index is 10.9. The molecule has 0 spiro atoms. The van der Waals surface area contributed by atoms with E-state index in [2.05, 4.69) is 39.4 Å². The second-order valence-electron chi connectivity index (χ2n) is 8.37. The van der Waals surface area contributed by atoms with Crippen molar-refractivity contribution in [3.05, 3.63) is 0 Å². The Labute approximate surface area is 192 Å². The zero-order chi connectivity index (χ0) is 23.1. The van der Waals surface area contributed by atoms with Gasteiger partial charge in [-0.05, 0) is 31.6 Å². The summed E-state index contributed by atoms with van der Waals surface area (Å²) in [4.78, 5) is 20.3. The Morgan fingerprint density at radius 3 is 2.66 bits per heavy atom. The molecular formula is C21H34N6O4S. The fourth-order valence-corrected chi connectivity index (χ4v) is 4.90. The summed E-state index contributed by atoms with van der Waals surface area (Å²) in [6, 6.07) is -0.523. The monoisotopic (exact) mass is 466 g/mol. The Kier molecular flexibility index (Phi) is 9.06. The van der Waals surface area contributed by atoms with Crippen LogP contribution >= 0.6 is 11.8 Å². The molecular weight excluding hydrogens is 432 g/mol. The lowest BCUT2D eigenvalue weighted by Crippen LogP contribution is -2.30. The first kappa shape index (κ1) is 24.7. The van der Waals surface area contributed by atoms with Crippen LogP contribution in [0.1, 0.15) is 71.3 Å². The van der Waals surface area contributed by atoms with Crippen molar-refractivity contribution in [1.29, 1.82) is 0 Å². The summed E-state index contributed by atoms with van der Waals surface area (Å²) in [7, 11) is 0. The van der Waals surface area contributed by atoms with E-state index in [0.29, 0.717) is 35.0 Å². The van der Waals surface area contributed by atoms with E-state index in [9.17, 15) is 15.0 Å². The van der Waals surface area contributed by atoms with Gasteiger partial charge < -0.3 is 20.6 Å². The number of anilines is 1. The van der Waals surface area contributed by atoms with Gasteiger partial charge in [-0.25, -0.2) is 14.6 Å². The number of carboxylic acids is 1. The van der Waals surface area contributed by atoms with E-state index >= 15 is 0 Å². The molecule has 178 valence electrons. The molecule has 0 aliphatic heterocycles. The number of hydrogen-bond acceptors (Lipinski definition) is 9. The minimum absolute atomic E-state index is 0.0501. The van der Waals surface area contributed by atoms with Crippen LogP contribution in [0.15, 0.2) is 5.16 Å². The molecule has 0 bridgehead atoms. The fourth-order valence-electron chi connectivity index (χ4n) is 4.06. The number of thioether (sulfide) groups is 1. The fraction of sp³-hybridized carbons (Fsp3) is 0.762. The van der Waals surface area contributed by atoms with Crippen molar-refractivity contribution >= 4 is 34.7 Å². The first-order valence-corrected chi connectivity index (χ1v) is 12.5. The molecule has 10 nitrogen and oxygen atoms in total. The Morgan fingerprint density at radius 1 is 1.16 bits per heavy atom. The van der Waals surface area contributed by atoms with E-state index in [-0.39, 0.29) is 12.3 Å². The van der Waals surface area contributed by atoms with Crippen LogP contribution in [0, 0.1) is 5.92 Å². The Balaban J connectivity index is 1.87. The number of carbonyl (C=O) groups is 1. The summed E-state index contributed by atoms with van der Waals surface area (Å²) >= 11 is 1.59. The van der Waals surface area contributed by atoms with E-state index in [0.717, 1.165) is 44.4 Å². The second-order valence-corrected chi connectivity index (χ2v) is 9.44. The molecule has 2 heterocycles. The third-order valence-electron chi connectivity index (χ3n) is 5.92. The van der Waals surface area contributed by atoms with Crippen LogP contribution in [-0.4, -0.2) is 70.8 Å². The molecule has 2 aromatic rings. The lowest BCUT2D eigenvalue weighted by Gasteiger charge is -2.17. The normalized spacial score (nSPS) is 23.1. The molecule has 3 rings (SSSR count). The molecule has 0 aromatic carbocycles. The Hall–Kier alpha value is -1.98. The topological polar surface area (TPSA) is 146 Å². The van der Waals surface area contributed by atoms with Crippen LogP contribution < -0.4 is 5.32 Å². The molecule has 4 unspecified atom stereocenters. The molecule has 0 radical (unpaired) electrons. The van der Waals surface area contributed by atoms with E-state index in [1.54, 1.807) is 16.4 Å². The lowest BCUT2D eigenvalue weighted by atomic mass is 9.99. The molecule has 1 aliphatic carbocycles. The molecule has 0 saturated heterocycles. The van der Waals surface area contributed by atoms with Crippen LogP contribution in [0.4, 0.5) is 5.82 Å². The number of carboxylic acid groups (broad SMARTS) is 1. The van der Waals surface area contributed by atoms with Crippen molar-refractivity contribution in [1.82, 2.24) is 25.0 Å². The molecule has 1 saturated carbocycles. The predicted octanol–water partition coefficient (Wildman–Crippen LogP) is 2.86. The largest absolute Gasteiger partial charge is 0.481 e. The van der Waals surface area contributed by atoms with Gasteiger partial charge in [0.25, 0.3) is 0 Å². The summed E-state index contributed by atoms with van der Waals surface area (Å²) < 4.78 is 1.58. The Bertz CT molecular complexity index is 895. The van der Waals surface area contributed by atoms with Gasteiger partial charge in [0, 0.05) is 18.7 Å². The van der Waals surface area contributed by atoms with Gasteiger partial charge >= 0.3 is 5.97 Å². The van der Waals surface area contributed by atoms with Crippen LogP contribution in [0.5, 0.6) is 0 Å². The number of fused-ring (bicyclic) bond motifs is 1. The van der Waals surface area contributed by atoms with Crippen LogP contribution in [0.2, 0.25) is 0 Å². The number of hydrogen-bond donors (Lipinski definition) is 4. The van der Waals surface area contributed by atoms with Gasteiger partial charge in [-0.1, -0.05) is 50.1 Å².